The van der Waals surface area contributed by atoms with Gasteiger partial charge in [0, 0.05) is 31.4 Å². The number of benzene rings is 1. The number of carbonyl (C=O) groups excluding carboxylic acids is 1. The molecule has 110 valence electrons. The molecule has 0 radical (unpaired) electrons. The van der Waals surface area contributed by atoms with E-state index < -0.39 is 0 Å². The van der Waals surface area contributed by atoms with Crippen molar-refractivity contribution in [3.63, 3.8) is 0 Å². The molecule has 0 spiro atoms. The molecule has 1 aromatic carbocycles. The zero-order valence-electron chi connectivity index (χ0n) is 12.1. The minimum Gasteiger partial charge on any atom is -0.371 e. The van der Waals surface area contributed by atoms with E-state index in [1.165, 1.54) is 11.3 Å². The summed E-state index contributed by atoms with van der Waals surface area (Å²) >= 11 is 0. The van der Waals surface area contributed by atoms with Crippen LogP contribution in [0.3, 0.4) is 0 Å². The van der Waals surface area contributed by atoms with Crippen molar-refractivity contribution in [1.82, 2.24) is 10.5 Å². The SMILES string of the molecule is Cc1cc(C(=O)NCCCN2CCc3ccccc32)no1. The normalized spacial score (nSPS) is 13.3. The van der Waals surface area contributed by atoms with Crippen molar-refractivity contribution in [2.75, 3.05) is 24.5 Å². The van der Waals surface area contributed by atoms with E-state index >= 15 is 0 Å². The van der Waals surface area contributed by atoms with E-state index in [2.05, 4.69) is 39.6 Å². The molecule has 1 N–H and O–H groups in total. The number of nitrogens with zero attached hydrogens (tertiary/aromatic N) is 2. The second-order valence-corrected chi connectivity index (χ2v) is 5.30. The molecule has 0 fully saturated rings. The summed E-state index contributed by atoms with van der Waals surface area (Å²) in [5.74, 6) is 0.475. The van der Waals surface area contributed by atoms with Crippen LogP contribution in [0.25, 0.3) is 0 Å². The average molecular weight is 285 g/mol. The van der Waals surface area contributed by atoms with Crippen LogP contribution in [0, 0.1) is 6.92 Å². The number of nitrogens with one attached hydrogen (secondary N) is 1. The molecule has 1 aromatic heterocycles. The molecule has 3 rings (SSSR count). The molecule has 21 heavy (non-hydrogen) atoms. The van der Waals surface area contributed by atoms with Gasteiger partial charge in [0.1, 0.15) is 5.76 Å². The van der Waals surface area contributed by atoms with Crippen molar-refractivity contribution < 1.29 is 9.32 Å². The number of rotatable bonds is 5. The van der Waals surface area contributed by atoms with E-state index in [-0.39, 0.29) is 5.91 Å². The number of anilines is 1. The van der Waals surface area contributed by atoms with Gasteiger partial charge in [0.05, 0.1) is 0 Å². The van der Waals surface area contributed by atoms with Crippen molar-refractivity contribution in [2.45, 2.75) is 19.8 Å². The highest BCUT2D eigenvalue weighted by atomic mass is 16.5. The Hall–Kier alpha value is -2.30. The number of amides is 1. The number of aromatic nitrogens is 1. The maximum atomic E-state index is 11.8. The Morgan fingerprint density at radius 2 is 2.29 bits per heavy atom. The maximum Gasteiger partial charge on any atom is 0.273 e. The molecule has 0 saturated heterocycles. The average Bonchev–Trinajstić information content (AvgIpc) is 3.10. The van der Waals surface area contributed by atoms with Crippen LogP contribution in [0.1, 0.15) is 28.2 Å². The molecule has 0 bridgehead atoms. The Morgan fingerprint density at radius 1 is 1.43 bits per heavy atom. The fourth-order valence-corrected chi connectivity index (χ4v) is 2.67. The highest BCUT2D eigenvalue weighted by molar-refractivity contribution is 5.92. The first-order valence-electron chi connectivity index (χ1n) is 7.28. The van der Waals surface area contributed by atoms with E-state index in [1.54, 1.807) is 13.0 Å². The van der Waals surface area contributed by atoms with E-state index in [9.17, 15) is 4.79 Å². The maximum absolute atomic E-state index is 11.8. The van der Waals surface area contributed by atoms with Gasteiger partial charge in [-0.25, -0.2) is 0 Å². The van der Waals surface area contributed by atoms with Crippen molar-refractivity contribution in [3.05, 3.63) is 47.3 Å². The summed E-state index contributed by atoms with van der Waals surface area (Å²) in [7, 11) is 0. The molecular formula is C16H19N3O2. The van der Waals surface area contributed by atoms with Gasteiger partial charge in [-0.1, -0.05) is 23.4 Å². The van der Waals surface area contributed by atoms with Crippen molar-refractivity contribution in [3.8, 4) is 0 Å². The van der Waals surface area contributed by atoms with Crippen LogP contribution < -0.4 is 10.2 Å². The summed E-state index contributed by atoms with van der Waals surface area (Å²) in [6.45, 7) is 4.43. The molecular weight excluding hydrogens is 266 g/mol. The molecule has 2 aromatic rings. The van der Waals surface area contributed by atoms with Crippen molar-refractivity contribution >= 4 is 11.6 Å². The second kappa shape index (κ2) is 5.99. The Labute approximate surface area is 123 Å². The van der Waals surface area contributed by atoms with E-state index in [0.29, 0.717) is 18.0 Å². The quantitative estimate of drug-likeness (QED) is 0.855. The summed E-state index contributed by atoms with van der Waals surface area (Å²) < 4.78 is 4.89. The summed E-state index contributed by atoms with van der Waals surface area (Å²) in [5, 5.41) is 6.58. The summed E-state index contributed by atoms with van der Waals surface area (Å²) in [4.78, 5) is 14.2. The van der Waals surface area contributed by atoms with Crippen molar-refractivity contribution in [1.29, 1.82) is 0 Å². The number of hydrogen-bond acceptors (Lipinski definition) is 4. The standard InChI is InChI=1S/C16H19N3O2/c1-12-11-14(18-21-12)16(20)17-8-4-9-19-10-7-13-5-2-3-6-15(13)19/h2-3,5-6,11H,4,7-10H2,1H3,(H,17,20). The van der Waals surface area contributed by atoms with E-state index in [0.717, 1.165) is 25.9 Å². The molecule has 1 aliphatic heterocycles. The number of aryl methyl sites for hydroxylation is 1. The van der Waals surface area contributed by atoms with Gasteiger partial charge in [-0.15, -0.1) is 0 Å². The van der Waals surface area contributed by atoms with Crippen LogP contribution in [-0.4, -0.2) is 30.7 Å². The van der Waals surface area contributed by atoms with Crippen LogP contribution in [0.4, 0.5) is 5.69 Å². The first-order chi connectivity index (χ1) is 10.2. The summed E-state index contributed by atoms with van der Waals surface area (Å²) in [6.07, 6.45) is 2.03. The van der Waals surface area contributed by atoms with E-state index in [4.69, 9.17) is 4.52 Å². The molecule has 1 amide bonds. The van der Waals surface area contributed by atoms with Gasteiger partial charge in [-0.2, -0.15) is 0 Å². The lowest BCUT2D eigenvalue weighted by Crippen LogP contribution is -2.29. The van der Waals surface area contributed by atoms with Gasteiger partial charge >= 0.3 is 0 Å². The van der Waals surface area contributed by atoms with Crippen LogP contribution in [-0.2, 0) is 6.42 Å². The van der Waals surface area contributed by atoms with Gasteiger partial charge in [0.25, 0.3) is 5.91 Å². The Kier molecular flexibility index (Phi) is 3.90. The topological polar surface area (TPSA) is 58.4 Å². The third kappa shape index (κ3) is 3.07. The van der Waals surface area contributed by atoms with Crippen LogP contribution >= 0.6 is 0 Å². The largest absolute Gasteiger partial charge is 0.371 e. The number of hydrogen-bond donors (Lipinski definition) is 1. The Balaban J connectivity index is 1.44. The molecule has 5 nitrogen and oxygen atoms in total. The van der Waals surface area contributed by atoms with Crippen LogP contribution in [0.2, 0.25) is 0 Å². The molecule has 0 saturated carbocycles. The smallest absolute Gasteiger partial charge is 0.273 e. The van der Waals surface area contributed by atoms with Gasteiger partial charge in [0.15, 0.2) is 5.69 Å². The minimum atomic E-state index is -0.173. The van der Waals surface area contributed by atoms with Gasteiger partial charge < -0.3 is 14.7 Å². The lowest BCUT2D eigenvalue weighted by molar-refractivity contribution is 0.0944. The lowest BCUT2D eigenvalue weighted by Gasteiger charge is -2.19. The zero-order chi connectivity index (χ0) is 14.7. The third-order valence-electron chi connectivity index (χ3n) is 3.73. The summed E-state index contributed by atoms with van der Waals surface area (Å²) in [6, 6.07) is 10.2. The summed E-state index contributed by atoms with van der Waals surface area (Å²) in [5.41, 5.74) is 3.09. The number of para-hydroxylation sites is 1. The zero-order valence-corrected chi connectivity index (χ0v) is 12.1. The Bertz CT molecular complexity index is 636. The molecule has 0 aliphatic carbocycles. The predicted octanol–water partition coefficient (Wildman–Crippen LogP) is 2.17. The highest BCUT2D eigenvalue weighted by Gasteiger charge is 2.17. The Morgan fingerprint density at radius 3 is 3.10 bits per heavy atom. The van der Waals surface area contributed by atoms with Gasteiger partial charge in [-0.05, 0) is 31.4 Å². The molecule has 2 heterocycles. The number of fused-ring (bicyclic) bond motifs is 1. The predicted molar refractivity (Wildman–Crippen MR) is 80.5 cm³/mol. The van der Waals surface area contributed by atoms with Crippen molar-refractivity contribution in [2.24, 2.45) is 0 Å². The molecule has 0 unspecified atom stereocenters. The number of carbonyl (C=O) groups is 1. The van der Waals surface area contributed by atoms with Crippen LogP contribution in [0.15, 0.2) is 34.9 Å². The van der Waals surface area contributed by atoms with Crippen LogP contribution in [0.5, 0.6) is 0 Å². The second-order valence-electron chi connectivity index (χ2n) is 5.30. The molecule has 5 heteroatoms. The van der Waals surface area contributed by atoms with E-state index in [1.807, 2.05) is 0 Å². The fraction of sp³-hybridized carbons (Fsp3) is 0.375. The molecule has 1 aliphatic rings. The highest BCUT2D eigenvalue weighted by Crippen LogP contribution is 2.27. The lowest BCUT2D eigenvalue weighted by atomic mass is 10.2. The fourth-order valence-electron chi connectivity index (χ4n) is 2.67. The first-order valence-corrected chi connectivity index (χ1v) is 7.28. The minimum absolute atomic E-state index is 0.173. The monoisotopic (exact) mass is 285 g/mol. The third-order valence-corrected chi connectivity index (χ3v) is 3.73. The van der Waals surface area contributed by atoms with Gasteiger partial charge in [0.2, 0.25) is 0 Å². The first kappa shape index (κ1) is 13.7. The van der Waals surface area contributed by atoms with Gasteiger partial charge in [-0.3, -0.25) is 4.79 Å². The molecule has 0 atom stereocenters.